The fourth-order valence-corrected chi connectivity index (χ4v) is 3.66. The molecule has 1 aromatic heterocycles. The molecule has 0 aliphatic heterocycles. The van der Waals surface area contributed by atoms with Crippen molar-refractivity contribution in [1.29, 1.82) is 0 Å². The van der Waals surface area contributed by atoms with Crippen molar-refractivity contribution in [2.24, 2.45) is 11.7 Å². The van der Waals surface area contributed by atoms with Gasteiger partial charge in [-0.3, -0.25) is 0 Å². The first-order chi connectivity index (χ1) is 8.16. The highest BCUT2D eigenvalue weighted by Crippen LogP contribution is 2.28. The smallest absolute Gasteiger partial charge is 0.0440 e. The predicted molar refractivity (Wildman–Crippen MR) is 75.3 cm³/mol. The van der Waals surface area contributed by atoms with Crippen LogP contribution in [0.1, 0.15) is 50.4 Å². The highest BCUT2D eigenvalue weighted by Gasteiger charge is 2.24. The van der Waals surface area contributed by atoms with Crippen LogP contribution in [0.5, 0.6) is 0 Å². The standard InChI is InChI=1S/C14H24N2S/c1-10(2)14(13-7-4-8-17-13)16-12-6-3-5-11(15)9-12/h4,7-8,10-12,14,16H,3,5-6,9,15H2,1-2H3. The first-order valence-electron chi connectivity index (χ1n) is 6.72. The molecule has 2 rings (SSSR count). The van der Waals surface area contributed by atoms with Crippen LogP contribution in [0.3, 0.4) is 0 Å². The Balaban J connectivity index is 1.98. The van der Waals surface area contributed by atoms with Gasteiger partial charge >= 0.3 is 0 Å². The first kappa shape index (κ1) is 13.1. The van der Waals surface area contributed by atoms with Gasteiger partial charge in [-0.05, 0) is 36.6 Å². The highest BCUT2D eigenvalue weighted by atomic mass is 32.1. The maximum Gasteiger partial charge on any atom is 0.0440 e. The van der Waals surface area contributed by atoms with Gasteiger partial charge in [0.15, 0.2) is 0 Å². The van der Waals surface area contributed by atoms with Crippen molar-refractivity contribution in [1.82, 2.24) is 5.32 Å². The second kappa shape index (κ2) is 5.98. The van der Waals surface area contributed by atoms with E-state index in [9.17, 15) is 0 Å². The van der Waals surface area contributed by atoms with Crippen molar-refractivity contribution < 1.29 is 0 Å². The summed E-state index contributed by atoms with van der Waals surface area (Å²) in [5.41, 5.74) is 6.06. The molecule has 96 valence electrons. The number of hydrogen-bond acceptors (Lipinski definition) is 3. The van der Waals surface area contributed by atoms with Crippen LogP contribution in [0.2, 0.25) is 0 Å². The van der Waals surface area contributed by atoms with Gasteiger partial charge < -0.3 is 11.1 Å². The Morgan fingerprint density at radius 1 is 1.41 bits per heavy atom. The van der Waals surface area contributed by atoms with Crippen LogP contribution in [0, 0.1) is 5.92 Å². The number of rotatable bonds is 4. The van der Waals surface area contributed by atoms with Crippen LogP contribution in [0.4, 0.5) is 0 Å². The predicted octanol–water partition coefficient (Wildman–Crippen LogP) is 3.30. The lowest BCUT2D eigenvalue weighted by molar-refractivity contribution is 0.285. The molecule has 1 saturated carbocycles. The summed E-state index contributed by atoms with van der Waals surface area (Å²) in [5.74, 6) is 0.631. The van der Waals surface area contributed by atoms with E-state index in [2.05, 4.69) is 36.7 Å². The van der Waals surface area contributed by atoms with Crippen LogP contribution in [-0.2, 0) is 0 Å². The van der Waals surface area contributed by atoms with E-state index < -0.39 is 0 Å². The number of nitrogens with two attached hydrogens (primary N) is 1. The third-order valence-electron chi connectivity index (χ3n) is 3.65. The fraction of sp³-hybridized carbons (Fsp3) is 0.714. The molecule has 3 unspecified atom stereocenters. The Kier molecular flexibility index (Phi) is 4.60. The lowest BCUT2D eigenvalue weighted by atomic mass is 9.90. The molecule has 0 bridgehead atoms. The normalized spacial score (nSPS) is 27.3. The summed E-state index contributed by atoms with van der Waals surface area (Å²) in [5, 5.41) is 5.98. The van der Waals surface area contributed by atoms with E-state index in [1.165, 1.54) is 24.1 Å². The van der Waals surface area contributed by atoms with Gasteiger partial charge in [0.05, 0.1) is 0 Å². The topological polar surface area (TPSA) is 38.0 Å². The van der Waals surface area contributed by atoms with Crippen LogP contribution in [0.25, 0.3) is 0 Å². The van der Waals surface area contributed by atoms with Crippen LogP contribution >= 0.6 is 11.3 Å². The van der Waals surface area contributed by atoms with Gasteiger partial charge in [-0.1, -0.05) is 26.3 Å². The highest BCUT2D eigenvalue weighted by molar-refractivity contribution is 7.10. The quantitative estimate of drug-likeness (QED) is 0.863. The minimum Gasteiger partial charge on any atom is -0.328 e. The van der Waals surface area contributed by atoms with E-state index in [-0.39, 0.29) is 0 Å². The zero-order valence-corrected chi connectivity index (χ0v) is 11.7. The first-order valence-corrected chi connectivity index (χ1v) is 7.60. The average molecular weight is 252 g/mol. The lowest BCUT2D eigenvalue weighted by Crippen LogP contribution is -2.42. The second-order valence-corrected chi connectivity index (χ2v) is 6.51. The Bertz CT molecular complexity index is 321. The van der Waals surface area contributed by atoms with Gasteiger partial charge in [0.1, 0.15) is 0 Å². The molecule has 1 aliphatic carbocycles. The average Bonchev–Trinajstić information content (AvgIpc) is 2.78. The maximum absolute atomic E-state index is 6.06. The van der Waals surface area contributed by atoms with Crippen molar-refractivity contribution in [3.05, 3.63) is 22.4 Å². The minimum atomic E-state index is 0.400. The van der Waals surface area contributed by atoms with Crippen LogP contribution in [0.15, 0.2) is 17.5 Å². The van der Waals surface area contributed by atoms with Gasteiger partial charge in [-0.15, -0.1) is 11.3 Å². The Hall–Kier alpha value is -0.380. The molecule has 3 heteroatoms. The third kappa shape index (κ3) is 3.54. The number of nitrogens with one attached hydrogen (secondary N) is 1. The van der Waals surface area contributed by atoms with Crippen LogP contribution < -0.4 is 11.1 Å². The molecule has 0 radical (unpaired) electrons. The van der Waals surface area contributed by atoms with Crippen LogP contribution in [-0.4, -0.2) is 12.1 Å². The molecule has 17 heavy (non-hydrogen) atoms. The molecule has 0 aromatic carbocycles. The molecule has 2 nitrogen and oxygen atoms in total. The Morgan fingerprint density at radius 2 is 2.24 bits per heavy atom. The zero-order valence-electron chi connectivity index (χ0n) is 10.9. The Morgan fingerprint density at radius 3 is 2.82 bits per heavy atom. The summed E-state index contributed by atoms with van der Waals surface area (Å²) < 4.78 is 0. The zero-order chi connectivity index (χ0) is 12.3. The van der Waals surface area contributed by atoms with Gasteiger partial charge in [0, 0.05) is 23.0 Å². The van der Waals surface area contributed by atoms with Crippen molar-refractivity contribution in [3.63, 3.8) is 0 Å². The van der Waals surface area contributed by atoms with Gasteiger partial charge in [0.25, 0.3) is 0 Å². The molecule has 0 amide bonds. The van der Waals surface area contributed by atoms with Crippen molar-refractivity contribution >= 4 is 11.3 Å². The van der Waals surface area contributed by atoms with E-state index in [4.69, 9.17) is 5.73 Å². The molecule has 1 aromatic rings. The molecular formula is C14H24N2S. The molecule has 3 atom stereocenters. The van der Waals surface area contributed by atoms with Gasteiger partial charge in [-0.25, -0.2) is 0 Å². The lowest BCUT2D eigenvalue weighted by Gasteiger charge is -2.32. The van der Waals surface area contributed by atoms with Crippen molar-refractivity contribution in [3.8, 4) is 0 Å². The van der Waals surface area contributed by atoms with Crippen molar-refractivity contribution in [2.45, 2.75) is 57.7 Å². The molecule has 1 heterocycles. The van der Waals surface area contributed by atoms with E-state index in [1.807, 2.05) is 11.3 Å². The fourth-order valence-electron chi connectivity index (χ4n) is 2.70. The number of hydrogen-bond donors (Lipinski definition) is 2. The van der Waals surface area contributed by atoms with E-state index in [1.54, 1.807) is 0 Å². The summed E-state index contributed by atoms with van der Waals surface area (Å²) in [6.07, 6.45) is 4.88. The van der Waals surface area contributed by atoms with Gasteiger partial charge in [0.2, 0.25) is 0 Å². The SMILES string of the molecule is CC(C)C(NC1CCCC(N)C1)c1cccs1. The number of thiophene rings is 1. The van der Waals surface area contributed by atoms with E-state index in [0.29, 0.717) is 24.0 Å². The summed E-state index contributed by atoms with van der Waals surface area (Å²) in [7, 11) is 0. The molecular weight excluding hydrogens is 228 g/mol. The monoisotopic (exact) mass is 252 g/mol. The summed E-state index contributed by atoms with van der Waals surface area (Å²) >= 11 is 1.85. The van der Waals surface area contributed by atoms with E-state index >= 15 is 0 Å². The Labute approximate surface area is 109 Å². The van der Waals surface area contributed by atoms with Gasteiger partial charge in [-0.2, -0.15) is 0 Å². The molecule has 1 fully saturated rings. The minimum absolute atomic E-state index is 0.400. The maximum atomic E-state index is 6.06. The summed E-state index contributed by atoms with van der Waals surface area (Å²) in [6.45, 7) is 4.58. The molecule has 0 saturated heterocycles. The third-order valence-corrected chi connectivity index (χ3v) is 4.60. The molecule has 3 N–H and O–H groups in total. The molecule has 1 aliphatic rings. The summed E-state index contributed by atoms with van der Waals surface area (Å²) in [4.78, 5) is 1.46. The second-order valence-electron chi connectivity index (χ2n) is 5.53. The van der Waals surface area contributed by atoms with E-state index in [0.717, 1.165) is 6.42 Å². The van der Waals surface area contributed by atoms with Crippen molar-refractivity contribution in [2.75, 3.05) is 0 Å². The largest absolute Gasteiger partial charge is 0.328 e. The molecule has 0 spiro atoms. The summed E-state index contributed by atoms with van der Waals surface area (Å²) in [6, 6.07) is 5.88.